The summed E-state index contributed by atoms with van der Waals surface area (Å²) >= 11 is 0. The molecule has 25 heavy (non-hydrogen) atoms. The molecule has 7 nitrogen and oxygen atoms in total. The van der Waals surface area contributed by atoms with Gasteiger partial charge in [-0.05, 0) is 12.1 Å². The Morgan fingerprint density at radius 3 is 1.32 bits per heavy atom. The van der Waals surface area contributed by atoms with E-state index in [9.17, 15) is 29.4 Å². The van der Waals surface area contributed by atoms with Crippen LogP contribution in [0.1, 0.15) is 41.4 Å². The Morgan fingerprint density at radius 2 is 1.00 bits per heavy atom. The van der Waals surface area contributed by atoms with Gasteiger partial charge in [0.05, 0.1) is 23.1 Å². The van der Waals surface area contributed by atoms with E-state index in [0.29, 0.717) is 11.1 Å². The molecular formula is C16H9K2NO6. The molecule has 0 atom stereocenters. The normalized spacial score (nSPS) is 10.9. The molecular weight excluding hydrogens is 380 g/mol. The number of carboxylic acids is 2. The fourth-order valence-corrected chi connectivity index (χ4v) is 1.96. The zero-order valence-electron chi connectivity index (χ0n) is 13.6. The van der Waals surface area contributed by atoms with Gasteiger partial charge in [-0.25, -0.2) is 0 Å². The van der Waals surface area contributed by atoms with Crippen LogP contribution in [0, 0.1) is 0 Å². The number of rotatable bonds is 2. The average molecular weight is 389 g/mol. The van der Waals surface area contributed by atoms with Crippen LogP contribution in [0.5, 0.6) is 0 Å². The van der Waals surface area contributed by atoms with Gasteiger partial charge in [0.2, 0.25) is 0 Å². The summed E-state index contributed by atoms with van der Waals surface area (Å²) < 4.78 is 0. The van der Waals surface area contributed by atoms with Gasteiger partial charge in [0.15, 0.2) is 0 Å². The molecule has 1 N–H and O–H groups in total. The van der Waals surface area contributed by atoms with E-state index in [4.69, 9.17) is 0 Å². The van der Waals surface area contributed by atoms with E-state index in [1.165, 1.54) is 12.1 Å². The molecule has 0 unspecified atom stereocenters. The topological polar surface area (TPSA) is 126 Å². The van der Waals surface area contributed by atoms with Crippen LogP contribution in [0.15, 0.2) is 48.5 Å². The molecule has 0 spiro atoms. The third-order valence-electron chi connectivity index (χ3n) is 3.01. The van der Waals surface area contributed by atoms with Crippen molar-refractivity contribution >= 4 is 23.8 Å². The van der Waals surface area contributed by atoms with E-state index in [1.807, 2.05) is 0 Å². The summed E-state index contributed by atoms with van der Waals surface area (Å²) in [6.45, 7) is 0. The number of hydrogen-bond acceptors (Lipinski definition) is 6. The van der Waals surface area contributed by atoms with Crippen molar-refractivity contribution in [2.75, 3.05) is 0 Å². The third-order valence-corrected chi connectivity index (χ3v) is 3.01. The number of carboxylic acid groups (broad SMARTS) is 2. The first-order chi connectivity index (χ1) is 10.9. The minimum atomic E-state index is -1.52. The SMILES string of the molecule is O=C([O-])c1ccccc1C(=O)[O-].O=C1NC(=O)c2ccccc21.[K+].[K+]. The first-order valence-electron chi connectivity index (χ1n) is 6.38. The van der Waals surface area contributed by atoms with Gasteiger partial charge in [0.25, 0.3) is 11.8 Å². The van der Waals surface area contributed by atoms with Crippen molar-refractivity contribution < 1.29 is 132 Å². The molecule has 0 fully saturated rings. The van der Waals surface area contributed by atoms with Crippen LogP contribution in [0.4, 0.5) is 0 Å². The molecule has 1 aliphatic rings. The van der Waals surface area contributed by atoms with Crippen molar-refractivity contribution in [2.24, 2.45) is 0 Å². The Balaban J connectivity index is 0.000000427. The largest absolute Gasteiger partial charge is 1.00 e. The first-order valence-corrected chi connectivity index (χ1v) is 6.38. The molecule has 1 aliphatic heterocycles. The summed E-state index contributed by atoms with van der Waals surface area (Å²) in [5.41, 5.74) is 0.213. The molecule has 1 heterocycles. The van der Waals surface area contributed by atoms with E-state index < -0.39 is 11.9 Å². The molecule has 0 bridgehead atoms. The van der Waals surface area contributed by atoms with Crippen LogP contribution in [0.2, 0.25) is 0 Å². The number of aromatic carboxylic acids is 2. The van der Waals surface area contributed by atoms with Gasteiger partial charge in [-0.1, -0.05) is 36.4 Å². The second-order valence-electron chi connectivity index (χ2n) is 4.45. The first kappa shape index (κ1) is 24.8. The fourth-order valence-electron chi connectivity index (χ4n) is 1.96. The Bertz CT molecular complexity index is 756. The maximum atomic E-state index is 10.9. The van der Waals surface area contributed by atoms with Crippen LogP contribution >= 0.6 is 0 Å². The van der Waals surface area contributed by atoms with Crippen molar-refractivity contribution in [2.45, 2.75) is 0 Å². The summed E-state index contributed by atoms with van der Waals surface area (Å²) in [6, 6.07) is 11.9. The van der Waals surface area contributed by atoms with Crippen molar-refractivity contribution in [3.63, 3.8) is 0 Å². The van der Waals surface area contributed by atoms with Gasteiger partial charge in [-0.2, -0.15) is 0 Å². The molecule has 3 rings (SSSR count). The maximum absolute atomic E-state index is 10.9. The molecule has 0 saturated carbocycles. The van der Waals surface area contributed by atoms with Gasteiger partial charge >= 0.3 is 103 Å². The third kappa shape index (κ3) is 6.47. The Hall–Kier alpha value is -0.207. The molecule has 2 amide bonds. The number of amides is 2. The zero-order valence-corrected chi connectivity index (χ0v) is 19.8. The summed E-state index contributed by atoms with van der Waals surface area (Å²) in [6.07, 6.45) is 0. The van der Waals surface area contributed by atoms with Gasteiger partial charge in [0, 0.05) is 11.1 Å². The predicted octanol–water partition coefficient (Wildman–Crippen LogP) is -7.01. The number of hydrogen-bond donors (Lipinski definition) is 1. The zero-order chi connectivity index (χ0) is 17.0. The van der Waals surface area contributed by atoms with E-state index in [1.54, 1.807) is 24.3 Å². The molecule has 2 aromatic carbocycles. The number of benzene rings is 2. The van der Waals surface area contributed by atoms with Crippen LogP contribution in [-0.2, 0) is 0 Å². The average Bonchev–Trinajstić information content (AvgIpc) is 2.83. The molecule has 9 heteroatoms. The molecule has 2 aromatic rings. The number of carbonyl (C=O) groups is 4. The van der Waals surface area contributed by atoms with E-state index in [-0.39, 0.29) is 126 Å². The van der Waals surface area contributed by atoms with Crippen LogP contribution in [0.3, 0.4) is 0 Å². The van der Waals surface area contributed by atoms with Gasteiger partial charge in [0.1, 0.15) is 0 Å². The molecule has 0 saturated heterocycles. The number of imide groups is 1. The minimum absolute atomic E-state index is 0. The number of fused-ring (bicyclic) bond motifs is 1. The summed E-state index contributed by atoms with van der Waals surface area (Å²) in [7, 11) is 0. The second kappa shape index (κ2) is 11.5. The van der Waals surface area contributed by atoms with E-state index >= 15 is 0 Å². The molecule has 0 radical (unpaired) electrons. The summed E-state index contributed by atoms with van der Waals surface area (Å²) in [4.78, 5) is 42.5. The predicted molar refractivity (Wildman–Crippen MR) is 73.3 cm³/mol. The monoisotopic (exact) mass is 389 g/mol. The van der Waals surface area contributed by atoms with E-state index in [0.717, 1.165) is 12.1 Å². The van der Waals surface area contributed by atoms with Crippen molar-refractivity contribution in [3.05, 3.63) is 70.8 Å². The number of nitrogens with one attached hydrogen (secondary N) is 1. The summed E-state index contributed by atoms with van der Waals surface area (Å²) in [5, 5.41) is 22.9. The Labute approximate surface area is 228 Å². The van der Waals surface area contributed by atoms with Crippen LogP contribution in [-0.4, -0.2) is 23.8 Å². The van der Waals surface area contributed by atoms with Crippen LogP contribution < -0.4 is 118 Å². The van der Waals surface area contributed by atoms with E-state index in [2.05, 4.69) is 5.32 Å². The molecule has 0 aromatic heterocycles. The summed E-state index contributed by atoms with van der Waals surface area (Å²) in [5.74, 6) is -3.64. The van der Waals surface area contributed by atoms with Crippen molar-refractivity contribution in [1.29, 1.82) is 0 Å². The van der Waals surface area contributed by atoms with Gasteiger partial charge < -0.3 is 19.8 Å². The van der Waals surface area contributed by atoms with Crippen molar-refractivity contribution in [1.82, 2.24) is 5.32 Å². The standard InChI is InChI=1S/C8H5NO2.C8H6O4.2K/c10-7-5-3-1-2-4-6(5)8(11)9-7;9-7(10)5-3-1-2-4-6(5)8(11)12;;/h1-4H,(H,9,10,11);1-4H,(H,9,10)(H,11,12);;/q;;2*+1/p-2. The van der Waals surface area contributed by atoms with Crippen LogP contribution in [0.25, 0.3) is 0 Å². The fraction of sp³-hybridized carbons (Fsp3) is 0. The second-order valence-corrected chi connectivity index (χ2v) is 4.45. The molecule has 116 valence electrons. The van der Waals surface area contributed by atoms with Gasteiger partial charge in [-0.15, -0.1) is 0 Å². The Kier molecular flexibility index (Phi) is 11.4. The smallest absolute Gasteiger partial charge is 0.545 e. The quantitative estimate of drug-likeness (QED) is 0.402. The van der Waals surface area contributed by atoms with Gasteiger partial charge in [-0.3, -0.25) is 14.9 Å². The van der Waals surface area contributed by atoms with Crippen molar-refractivity contribution in [3.8, 4) is 0 Å². The Morgan fingerprint density at radius 1 is 0.680 bits per heavy atom. The number of carbonyl (C=O) groups excluding carboxylic acids is 4. The maximum Gasteiger partial charge on any atom is 1.00 e. The molecule has 0 aliphatic carbocycles. The minimum Gasteiger partial charge on any atom is -0.545 e.